The van der Waals surface area contributed by atoms with Crippen LogP contribution in [0.2, 0.25) is 0 Å². The first-order valence-electron chi connectivity index (χ1n) is 10.4. The van der Waals surface area contributed by atoms with Crippen LogP contribution in [0.15, 0.2) is 47.4 Å². The molecule has 4 rings (SSSR count). The van der Waals surface area contributed by atoms with Crippen LogP contribution in [0, 0.1) is 11.7 Å². The Morgan fingerprint density at radius 1 is 1.23 bits per heavy atom. The number of nitrogens with one attached hydrogen (secondary N) is 2. The van der Waals surface area contributed by atoms with E-state index in [0.29, 0.717) is 42.8 Å². The molecule has 8 nitrogen and oxygen atoms in total. The Labute approximate surface area is 179 Å². The predicted molar refractivity (Wildman–Crippen MR) is 113 cm³/mol. The Bertz CT molecular complexity index is 997. The van der Waals surface area contributed by atoms with Crippen LogP contribution in [0.4, 0.5) is 10.1 Å². The number of benzene rings is 1. The molecule has 6 N–H and O–H groups in total. The number of anilines is 1. The SMILES string of the molecule is CC1C(C(=O)C(=O)NC2(/C(N)=C/N)CC2)=C2CCCN2C1C(=O)Nc1ccc(F)cc1. The van der Waals surface area contributed by atoms with E-state index in [2.05, 4.69) is 10.6 Å². The fraction of sp³-hybridized carbons (Fsp3) is 0.409. The lowest BCUT2D eigenvalue weighted by atomic mass is 9.90. The van der Waals surface area contributed by atoms with Gasteiger partial charge < -0.3 is 27.0 Å². The highest BCUT2D eigenvalue weighted by atomic mass is 19.1. The standard InChI is InChI=1S/C22H26FN5O3/c1-12-17(19(29)21(31)27-22(8-9-22)16(25)11-24)15-3-2-10-28(15)18(12)20(30)26-14-6-4-13(23)5-7-14/h4-7,11-12,18H,2-3,8-10,24-25H2,1H3,(H,26,30)(H,27,31)/b16-11-. The summed E-state index contributed by atoms with van der Waals surface area (Å²) in [6.07, 6.45) is 3.93. The van der Waals surface area contributed by atoms with Gasteiger partial charge in [-0.3, -0.25) is 14.4 Å². The van der Waals surface area contributed by atoms with Crippen molar-refractivity contribution in [3.63, 3.8) is 0 Å². The maximum Gasteiger partial charge on any atom is 0.292 e. The summed E-state index contributed by atoms with van der Waals surface area (Å²) < 4.78 is 13.2. The number of nitrogens with two attached hydrogens (primary N) is 2. The molecule has 2 heterocycles. The summed E-state index contributed by atoms with van der Waals surface area (Å²) in [5.74, 6) is -2.53. The maximum absolute atomic E-state index is 13.2. The van der Waals surface area contributed by atoms with Gasteiger partial charge in [0, 0.05) is 41.3 Å². The van der Waals surface area contributed by atoms with Crippen LogP contribution >= 0.6 is 0 Å². The zero-order chi connectivity index (χ0) is 22.3. The van der Waals surface area contributed by atoms with Gasteiger partial charge in [0.1, 0.15) is 11.9 Å². The predicted octanol–water partition coefficient (Wildman–Crippen LogP) is 1.11. The fourth-order valence-corrected chi connectivity index (χ4v) is 4.60. The second kappa shape index (κ2) is 7.72. The Kier molecular flexibility index (Phi) is 5.20. The van der Waals surface area contributed by atoms with Crippen molar-refractivity contribution in [1.29, 1.82) is 0 Å². The number of carbonyl (C=O) groups excluding carboxylic acids is 3. The lowest BCUT2D eigenvalue weighted by Gasteiger charge is -2.26. The van der Waals surface area contributed by atoms with Gasteiger partial charge in [-0.2, -0.15) is 0 Å². The number of Topliss-reactive ketones (excluding diaryl/α,β-unsaturated/α-hetero) is 1. The van der Waals surface area contributed by atoms with Crippen LogP contribution in [0.3, 0.4) is 0 Å². The van der Waals surface area contributed by atoms with E-state index in [4.69, 9.17) is 11.5 Å². The summed E-state index contributed by atoms with van der Waals surface area (Å²) in [6.45, 7) is 2.41. The summed E-state index contributed by atoms with van der Waals surface area (Å²) >= 11 is 0. The number of rotatable bonds is 6. The second-order valence-corrected chi connectivity index (χ2v) is 8.37. The van der Waals surface area contributed by atoms with E-state index in [1.165, 1.54) is 30.5 Å². The number of hydrogen-bond acceptors (Lipinski definition) is 6. The summed E-state index contributed by atoms with van der Waals surface area (Å²) in [6, 6.07) is 4.88. The Morgan fingerprint density at radius 3 is 2.52 bits per heavy atom. The van der Waals surface area contributed by atoms with Crippen molar-refractivity contribution in [2.45, 2.75) is 44.2 Å². The highest BCUT2D eigenvalue weighted by Crippen LogP contribution is 2.42. The molecule has 1 saturated carbocycles. The van der Waals surface area contributed by atoms with Gasteiger partial charge in [-0.1, -0.05) is 6.92 Å². The van der Waals surface area contributed by atoms with Crippen molar-refractivity contribution in [1.82, 2.24) is 10.2 Å². The van der Waals surface area contributed by atoms with Crippen LogP contribution in [-0.2, 0) is 14.4 Å². The van der Waals surface area contributed by atoms with E-state index in [9.17, 15) is 18.8 Å². The largest absolute Gasteiger partial charge is 0.403 e. The molecule has 31 heavy (non-hydrogen) atoms. The smallest absolute Gasteiger partial charge is 0.292 e. The third-order valence-corrected chi connectivity index (χ3v) is 6.40. The van der Waals surface area contributed by atoms with Crippen LogP contribution in [0.25, 0.3) is 0 Å². The highest BCUT2D eigenvalue weighted by molar-refractivity contribution is 6.43. The Balaban J connectivity index is 1.52. The van der Waals surface area contributed by atoms with Gasteiger partial charge >= 0.3 is 0 Å². The normalized spacial score (nSPS) is 24.1. The van der Waals surface area contributed by atoms with Crippen molar-refractivity contribution in [2.24, 2.45) is 17.4 Å². The molecular formula is C22H26FN5O3. The lowest BCUT2D eigenvalue weighted by Crippen LogP contribution is -2.46. The van der Waals surface area contributed by atoms with Crippen LogP contribution < -0.4 is 22.1 Å². The molecule has 164 valence electrons. The third-order valence-electron chi connectivity index (χ3n) is 6.40. The molecule has 0 aromatic heterocycles. The molecule has 2 atom stereocenters. The van der Waals surface area contributed by atoms with Gasteiger partial charge in [0.2, 0.25) is 11.7 Å². The summed E-state index contributed by atoms with van der Waals surface area (Å²) in [5, 5.41) is 5.52. The lowest BCUT2D eigenvalue weighted by molar-refractivity contribution is -0.136. The monoisotopic (exact) mass is 427 g/mol. The molecule has 1 saturated heterocycles. The molecule has 1 aromatic rings. The van der Waals surface area contributed by atoms with Gasteiger partial charge in [-0.05, 0) is 49.9 Å². The van der Waals surface area contributed by atoms with E-state index in [-0.39, 0.29) is 5.91 Å². The molecule has 3 aliphatic rings. The first-order valence-corrected chi connectivity index (χ1v) is 10.4. The number of allylic oxidation sites excluding steroid dienone is 1. The van der Waals surface area contributed by atoms with Crippen molar-refractivity contribution < 1.29 is 18.8 Å². The molecule has 9 heteroatoms. The number of ketones is 1. The van der Waals surface area contributed by atoms with Crippen molar-refractivity contribution in [3.8, 4) is 0 Å². The molecule has 2 aliphatic heterocycles. The molecule has 1 aliphatic carbocycles. The quantitative estimate of drug-likeness (QED) is 0.503. The van der Waals surface area contributed by atoms with Crippen LogP contribution in [0.5, 0.6) is 0 Å². The van der Waals surface area contributed by atoms with Crippen LogP contribution in [0.1, 0.15) is 32.6 Å². The molecule has 2 amide bonds. The van der Waals surface area contributed by atoms with E-state index < -0.39 is 35.0 Å². The Hall–Kier alpha value is -3.36. The number of halogens is 1. The topological polar surface area (TPSA) is 131 Å². The van der Waals surface area contributed by atoms with Gasteiger partial charge in [0.15, 0.2) is 0 Å². The van der Waals surface area contributed by atoms with Crippen molar-refractivity contribution >= 4 is 23.3 Å². The van der Waals surface area contributed by atoms with E-state index in [1.54, 1.807) is 6.92 Å². The summed E-state index contributed by atoms with van der Waals surface area (Å²) in [4.78, 5) is 40.8. The molecule has 0 radical (unpaired) electrons. The molecule has 0 spiro atoms. The number of carbonyl (C=O) groups is 3. The zero-order valence-corrected chi connectivity index (χ0v) is 17.3. The third kappa shape index (κ3) is 3.64. The van der Waals surface area contributed by atoms with Crippen LogP contribution in [-0.4, -0.2) is 40.6 Å². The average Bonchev–Trinajstić information content (AvgIpc) is 3.28. The number of amides is 2. The van der Waals surface area contributed by atoms with E-state index in [0.717, 1.165) is 12.1 Å². The Morgan fingerprint density at radius 2 is 1.90 bits per heavy atom. The fourth-order valence-electron chi connectivity index (χ4n) is 4.60. The average molecular weight is 427 g/mol. The van der Waals surface area contributed by atoms with Gasteiger partial charge in [-0.15, -0.1) is 0 Å². The minimum Gasteiger partial charge on any atom is -0.403 e. The molecular weight excluding hydrogens is 401 g/mol. The van der Waals surface area contributed by atoms with Gasteiger partial charge in [0.25, 0.3) is 5.91 Å². The van der Waals surface area contributed by atoms with Gasteiger partial charge in [0.05, 0.1) is 5.54 Å². The molecule has 2 unspecified atom stereocenters. The second-order valence-electron chi connectivity index (χ2n) is 8.37. The molecule has 0 bridgehead atoms. The first-order chi connectivity index (χ1) is 14.8. The first kappa shape index (κ1) is 20.9. The highest BCUT2D eigenvalue weighted by Gasteiger charge is 2.51. The minimum absolute atomic E-state index is 0.296. The van der Waals surface area contributed by atoms with Gasteiger partial charge in [-0.25, -0.2) is 4.39 Å². The number of hydrogen-bond donors (Lipinski definition) is 4. The van der Waals surface area contributed by atoms with Crippen molar-refractivity contribution in [2.75, 3.05) is 11.9 Å². The van der Waals surface area contributed by atoms with Crippen molar-refractivity contribution in [3.05, 3.63) is 53.2 Å². The minimum atomic E-state index is -0.747. The van der Waals surface area contributed by atoms with E-state index >= 15 is 0 Å². The summed E-state index contributed by atoms with van der Waals surface area (Å²) in [5.41, 5.74) is 12.6. The molecule has 2 fully saturated rings. The number of nitrogens with zero attached hydrogens (tertiary/aromatic N) is 1. The van der Waals surface area contributed by atoms with E-state index in [1.807, 2.05) is 4.90 Å². The summed E-state index contributed by atoms with van der Waals surface area (Å²) in [7, 11) is 0. The zero-order valence-electron chi connectivity index (χ0n) is 17.3. The maximum atomic E-state index is 13.2. The number of fused-ring (bicyclic) bond motifs is 1. The molecule has 1 aromatic carbocycles.